The molecule has 3 aliphatic rings. The van der Waals surface area contributed by atoms with Gasteiger partial charge >= 0.3 is 0 Å². The molecule has 0 saturated carbocycles. The van der Waals surface area contributed by atoms with E-state index in [1.54, 1.807) is 4.90 Å². The molecule has 3 saturated heterocycles. The van der Waals surface area contributed by atoms with E-state index in [1.807, 2.05) is 29.2 Å². The van der Waals surface area contributed by atoms with Gasteiger partial charge in [-0.05, 0) is 49.9 Å². The van der Waals surface area contributed by atoms with E-state index in [4.69, 9.17) is 9.47 Å². The number of hydrogen-bond acceptors (Lipinski definition) is 4. The molecule has 6 nitrogen and oxygen atoms in total. The number of carbonyl (C=O) groups is 2. The predicted octanol–water partition coefficient (Wildman–Crippen LogP) is 2.18. The Kier molecular flexibility index (Phi) is 4.72. The molecule has 3 fully saturated rings. The van der Waals surface area contributed by atoms with Crippen molar-refractivity contribution in [1.29, 1.82) is 0 Å². The van der Waals surface area contributed by atoms with Crippen molar-refractivity contribution in [1.82, 2.24) is 4.90 Å². The van der Waals surface area contributed by atoms with Crippen LogP contribution >= 0.6 is 0 Å². The zero-order valence-corrected chi connectivity index (χ0v) is 14.4. The third-order valence-electron chi connectivity index (χ3n) is 5.27. The molecular formula is C19H24N2O4. The third-order valence-corrected chi connectivity index (χ3v) is 5.27. The molecule has 4 rings (SSSR count). The maximum absolute atomic E-state index is 13.0. The van der Waals surface area contributed by atoms with Crippen LogP contribution < -0.4 is 4.90 Å². The number of amides is 2. The van der Waals surface area contributed by atoms with E-state index >= 15 is 0 Å². The van der Waals surface area contributed by atoms with Crippen LogP contribution in [-0.2, 0) is 14.3 Å². The van der Waals surface area contributed by atoms with Crippen molar-refractivity contribution in [2.75, 3.05) is 31.2 Å². The zero-order chi connectivity index (χ0) is 17.2. The topological polar surface area (TPSA) is 59.1 Å². The largest absolute Gasteiger partial charge is 0.348 e. The first-order valence-electron chi connectivity index (χ1n) is 9.18. The van der Waals surface area contributed by atoms with Gasteiger partial charge in [0.1, 0.15) is 0 Å². The van der Waals surface area contributed by atoms with Crippen molar-refractivity contribution >= 4 is 17.5 Å². The van der Waals surface area contributed by atoms with Crippen molar-refractivity contribution in [3.63, 3.8) is 0 Å². The minimum atomic E-state index is -0.300. The Bertz CT molecular complexity index is 639. The molecule has 0 bridgehead atoms. The van der Waals surface area contributed by atoms with Gasteiger partial charge in [-0.25, -0.2) is 0 Å². The van der Waals surface area contributed by atoms with Gasteiger partial charge in [0.2, 0.25) is 5.91 Å². The highest BCUT2D eigenvalue weighted by atomic mass is 16.7. The maximum atomic E-state index is 13.0. The second-order valence-corrected chi connectivity index (χ2v) is 6.87. The Labute approximate surface area is 147 Å². The van der Waals surface area contributed by atoms with Gasteiger partial charge in [0.15, 0.2) is 6.29 Å². The summed E-state index contributed by atoms with van der Waals surface area (Å²) in [6, 6.07) is 7.38. The van der Waals surface area contributed by atoms with Gasteiger partial charge in [-0.2, -0.15) is 0 Å². The van der Waals surface area contributed by atoms with Gasteiger partial charge in [0.05, 0.1) is 19.3 Å². The van der Waals surface area contributed by atoms with Gasteiger partial charge < -0.3 is 19.3 Å². The van der Waals surface area contributed by atoms with Crippen LogP contribution in [0.4, 0.5) is 5.69 Å². The standard InChI is InChI=1S/C19H24N2O4/c22-17-5-3-11-20(17)15-8-6-14(7-9-15)18(23)21-10-2-1-4-16(21)19-24-12-13-25-19/h6-9,16,19H,1-5,10-13H2. The highest BCUT2D eigenvalue weighted by Crippen LogP contribution is 2.27. The normalized spacial score (nSPS) is 25.0. The molecule has 0 radical (unpaired) electrons. The van der Waals surface area contributed by atoms with Crippen molar-refractivity contribution in [2.45, 2.75) is 44.4 Å². The lowest BCUT2D eigenvalue weighted by Crippen LogP contribution is -2.50. The molecular weight excluding hydrogens is 320 g/mol. The molecule has 1 aromatic rings. The minimum absolute atomic E-state index is 0.0106. The van der Waals surface area contributed by atoms with E-state index in [2.05, 4.69) is 0 Å². The summed E-state index contributed by atoms with van der Waals surface area (Å²) < 4.78 is 11.3. The highest BCUT2D eigenvalue weighted by Gasteiger charge is 2.36. The second kappa shape index (κ2) is 7.14. The van der Waals surface area contributed by atoms with Crippen LogP contribution in [0.25, 0.3) is 0 Å². The first-order valence-corrected chi connectivity index (χ1v) is 9.18. The lowest BCUT2D eigenvalue weighted by molar-refractivity contribution is -0.117. The van der Waals surface area contributed by atoms with Crippen molar-refractivity contribution in [3.05, 3.63) is 29.8 Å². The average Bonchev–Trinajstić information content (AvgIpc) is 3.33. The number of piperidine rings is 1. The molecule has 0 spiro atoms. The molecule has 2 amide bonds. The molecule has 1 unspecified atom stereocenters. The summed E-state index contributed by atoms with van der Waals surface area (Å²) in [4.78, 5) is 28.5. The average molecular weight is 344 g/mol. The van der Waals surface area contributed by atoms with Gasteiger partial charge in [0.25, 0.3) is 5.91 Å². The highest BCUT2D eigenvalue weighted by molar-refractivity contribution is 5.97. The number of nitrogens with zero attached hydrogens (tertiary/aromatic N) is 2. The summed E-state index contributed by atoms with van der Waals surface area (Å²) in [5, 5.41) is 0. The lowest BCUT2D eigenvalue weighted by atomic mass is 10.00. The molecule has 1 atom stereocenters. The Balaban J connectivity index is 1.49. The minimum Gasteiger partial charge on any atom is -0.348 e. The fraction of sp³-hybridized carbons (Fsp3) is 0.579. The molecule has 0 aromatic heterocycles. The van der Waals surface area contributed by atoms with Gasteiger partial charge in [-0.3, -0.25) is 9.59 Å². The molecule has 0 N–H and O–H groups in total. The zero-order valence-electron chi connectivity index (χ0n) is 14.4. The van der Waals surface area contributed by atoms with Crippen molar-refractivity contribution in [3.8, 4) is 0 Å². The second-order valence-electron chi connectivity index (χ2n) is 6.87. The van der Waals surface area contributed by atoms with Crippen LogP contribution in [0.3, 0.4) is 0 Å². The molecule has 1 aromatic carbocycles. The first kappa shape index (κ1) is 16.5. The Morgan fingerprint density at radius 2 is 1.76 bits per heavy atom. The summed E-state index contributed by atoms with van der Waals surface area (Å²) in [6.45, 7) is 2.69. The molecule has 3 aliphatic heterocycles. The quantitative estimate of drug-likeness (QED) is 0.843. The molecule has 3 heterocycles. The van der Waals surface area contributed by atoms with E-state index in [-0.39, 0.29) is 24.1 Å². The van der Waals surface area contributed by atoms with Crippen LogP contribution in [0.2, 0.25) is 0 Å². The first-order chi connectivity index (χ1) is 12.2. The van der Waals surface area contributed by atoms with Gasteiger partial charge in [-0.1, -0.05) is 0 Å². The Morgan fingerprint density at radius 3 is 2.44 bits per heavy atom. The van der Waals surface area contributed by atoms with E-state index in [9.17, 15) is 9.59 Å². The number of likely N-dealkylation sites (tertiary alicyclic amines) is 1. The van der Waals surface area contributed by atoms with Crippen LogP contribution in [0.1, 0.15) is 42.5 Å². The van der Waals surface area contributed by atoms with Crippen LogP contribution in [0.5, 0.6) is 0 Å². The predicted molar refractivity (Wildman–Crippen MR) is 92.4 cm³/mol. The summed E-state index contributed by atoms with van der Waals surface area (Å²) >= 11 is 0. The Hall–Kier alpha value is -1.92. The number of carbonyl (C=O) groups excluding carboxylic acids is 2. The van der Waals surface area contributed by atoms with Crippen LogP contribution in [0.15, 0.2) is 24.3 Å². The third kappa shape index (κ3) is 3.28. The lowest BCUT2D eigenvalue weighted by Gasteiger charge is -2.38. The molecule has 6 heteroatoms. The SMILES string of the molecule is O=C1CCCN1c1ccc(C(=O)N2CCCCC2C2OCCO2)cc1. The molecule has 25 heavy (non-hydrogen) atoms. The summed E-state index contributed by atoms with van der Waals surface area (Å²) in [5.41, 5.74) is 1.52. The van der Waals surface area contributed by atoms with E-state index < -0.39 is 0 Å². The summed E-state index contributed by atoms with van der Waals surface area (Å²) in [5.74, 6) is 0.175. The van der Waals surface area contributed by atoms with Crippen LogP contribution in [0, 0.1) is 0 Å². The van der Waals surface area contributed by atoms with E-state index in [0.29, 0.717) is 25.2 Å². The number of ether oxygens (including phenoxy) is 2. The summed E-state index contributed by atoms with van der Waals surface area (Å²) in [6.07, 6.45) is 4.22. The van der Waals surface area contributed by atoms with Crippen molar-refractivity contribution in [2.24, 2.45) is 0 Å². The Morgan fingerprint density at radius 1 is 1.00 bits per heavy atom. The number of anilines is 1. The number of benzene rings is 1. The maximum Gasteiger partial charge on any atom is 0.254 e. The number of rotatable bonds is 3. The van der Waals surface area contributed by atoms with Gasteiger partial charge in [0, 0.05) is 30.8 Å². The van der Waals surface area contributed by atoms with Gasteiger partial charge in [-0.15, -0.1) is 0 Å². The number of hydrogen-bond donors (Lipinski definition) is 0. The van der Waals surface area contributed by atoms with Crippen molar-refractivity contribution < 1.29 is 19.1 Å². The monoisotopic (exact) mass is 344 g/mol. The molecule has 0 aliphatic carbocycles. The molecule has 134 valence electrons. The van der Waals surface area contributed by atoms with E-state index in [0.717, 1.165) is 44.5 Å². The van der Waals surface area contributed by atoms with E-state index in [1.165, 1.54) is 0 Å². The smallest absolute Gasteiger partial charge is 0.254 e. The summed E-state index contributed by atoms with van der Waals surface area (Å²) in [7, 11) is 0. The fourth-order valence-electron chi connectivity index (χ4n) is 3.96. The van der Waals surface area contributed by atoms with Crippen LogP contribution in [-0.4, -0.2) is 55.3 Å². The fourth-order valence-corrected chi connectivity index (χ4v) is 3.96.